The van der Waals surface area contributed by atoms with Crippen LogP contribution in [-0.2, 0) is 9.53 Å². The Morgan fingerprint density at radius 1 is 1.32 bits per heavy atom. The molecule has 1 saturated carbocycles. The van der Waals surface area contributed by atoms with Gasteiger partial charge in [0, 0.05) is 11.8 Å². The number of carbonyl (C=O) groups excluding carboxylic acids is 2. The average Bonchev–Trinajstić information content (AvgIpc) is 2.61. The first-order chi connectivity index (χ1) is 13.3. The molecule has 2 amide bonds. The first-order valence-electron chi connectivity index (χ1n) is 9.21. The Balaban J connectivity index is 1.91. The largest absolute Gasteiger partial charge is 0.868 e. The molecule has 1 aliphatic heterocycles. The molecule has 0 saturated heterocycles. The molecule has 150 valence electrons. The summed E-state index contributed by atoms with van der Waals surface area (Å²) >= 11 is 0. The summed E-state index contributed by atoms with van der Waals surface area (Å²) in [6, 6.07) is 2.03. The van der Waals surface area contributed by atoms with Gasteiger partial charge in [-0.2, -0.15) is 0 Å². The molecular formula is C19H22N3O6-. The highest BCUT2D eigenvalue weighted by Gasteiger charge is 2.34. The van der Waals surface area contributed by atoms with E-state index in [-0.39, 0.29) is 17.2 Å². The Morgan fingerprint density at radius 2 is 2.07 bits per heavy atom. The van der Waals surface area contributed by atoms with E-state index in [2.05, 4.69) is 17.6 Å². The zero-order valence-electron chi connectivity index (χ0n) is 15.7. The first kappa shape index (κ1) is 19.7. The van der Waals surface area contributed by atoms with Crippen molar-refractivity contribution in [3.8, 4) is 5.75 Å². The molecule has 0 radical (unpaired) electrons. The zero-order chi connectivity index (χ0) is 20.4. The summed E-state index contributed by atoms with van der Waals surface area (Å²) in [5.41, 5.74) is 0.142. The van der Waals surface area contributed by atoms with Crippen LogP contribution in [0.1, 0.15) is 51.1 Å². The fourth-order valence-electron chi connectivity index (χ4n) is 3.77. The molecular weight excluding hydrogens is 366 g/mol. The highest BCUT2D eigenvalue weighted by molar-refractivity contribution is 5.95. The van der Waals surface area contributed by atoms with Crippen LogP contribution in [0.2, 0.25) is 0 Å². The lowest BCUT2D eigenvalue weighted by Gasteiger charge is -2.31. The van der Waals surface area contributed by atoms with Gasteiger partial charge < -0.3 is 20.5 Å². The Hall–Kier alpha value is -3.10. The third kappa shape index (κ3) is 4.08. The van der Waals surface area contributed by atoms with Crippen molar-refractivity contribution in [1.82, 2.24) is 10.6 Å². The molecule has 1 aliphatic carbocycles. The number of benzene rings is 1. The molecule has 1 aromatic rings. The predicted octanol–water partition coefficient (Wildman–Crippen LogP) is 2.42. The topological polar surface area (TPSA) is 134 Å². The van der Waals surface area contributed by atoms with E-state index in [0.717, 1.165) is 37.8 Å². The molecule has 28 heavy (non-hydrogen) atoms. The molecule has 0 spiro atoms. The van der Waals surface area contributed by atoms with Crippen LogP contribution in [0.4, 0.5) is 10.5 Å². The number of nitro groups is 1. The minimum Gasteiger partial charge on any atom is -0.868 e. The van der Waals surface area contributed by atoms with E-state index in [1.807, 2.05) is 0 Å². The van der Waals surface area contributed by atoms with E-state index < -0.39 is 34.4 Å². The number of nitrogens with zero attached hydrogens (tertiary/aromatic N) is 1. The lowest BCUT2D eigenvalue weighted by molar-refractivity contribution is -0.398. The number of rotatable bonds is 4. The molecule has 9 heteroatoms. The van der Waals surface area contributed by atoms with Gasteiger partial charge in [0.25, 0.3) is 5.69 Å². The highest BCUT2D eigenvalue weighted by atomic mass is 16.6. The van der Waals surface area contributed by atoms with Crippen molar-refractivity contribution in [2.24, 2.45) is 5.92 Å². The van der Waals surface area contributed by atoms with Crippen molar-refractivity contribution in [2.45, 2.75) is 51.7 Å². The minimum absolute atomic E-state index is 0.172. The summed E-state index contributed by atoms with van der Waals surface area (Å²) in [6.07, 6.45) is 3.43. The first-order valence-corrected chi connectivity index (χ1v) is 9.21. The van der Waals surface area contributed by atoms with E-state index in [1.165, 1.54) is 6.07 Å². The second-order valence-corrected chi connectivity index (χ2v) is 7.35. The Bertz CT molecular complexity index is 850. The number of esters is 1. The van der Waals surface area contributed by atoms with Crippen LogP contribution >= 0.6 is 0 Å². The van der Waals surface area contributed by atoms with Gasteiger partial charge in [0.05, 0.1) is 16.5 Å². The summed E-state index contributed by atoms with van der Waals surface area (Å²) in [5, 5.41) is 27.9. The molecule has 1 heterocycles. The number of hydrogen-bond donors (Lipinski definition) is 2. The highest BCUT2D eigenvalue weighted by Crippen LogP contribution is 2.34. The quantitative estimate of drug-likeness (QED) is 0.462. The van der Waals surface area contributed by atoms with Crippen LogP contribution < -0.4 is 15.7 Å². The number of amides is 2. The maximum Gasteiger partial charge on any atom is 0.338 e. The molecule has 0 bridgehead atoms. The van der Waals surface area contributed by atoms with Crippen LogP contribution in [0, 0.1) is 16.0 Å². The van der Waals surface area contributed by atoms with Crippen LogP contribution in [0.3, 0.4) is 0 Å². The lowest BCUT2D eigenvalue weighted by Crippen LogP contribution is -2.45. The number of hydrogen-bond acceptors (Lipinski definition) is 6. The van der Waals surface area contributed by atoms with E-state index >= 15 is 0 Å². The fourth-order valence-corrected chi connectivity index (χ4v) is 3.77. The van der Waals surface area contributed by atoms with Crippen molar-refractivity contribution in [3.63, 3.8) is 0 Å². The number of nitro benzene ring substituents is 1. The van der Waals surface area contributed by atoms with Crippen LogP contribution in [0.25, 0.3) is 0 Å². The van der Waals surface area contributed by atoms with Gasteiger partial charge in [-0.1, -0.05) is 25.5 Å². The maximum absolute atomic E-state index is 12.9. The average molecular weight is 388 g/mol. The molecule has 9 nitrogen and oxygen atoms in total. The van der Waals surface area contributed by atoms with Gasteiger partial charge in [-0.15, -0.1) is 0 Å². The molecule has 0 aromatic heterocycles. The third-order valence-corrected chi connectivity index (χ3v) is 5.16. The van der Waals surface area contributed by atoms with E-state index in [0.29, 0.717) is 11.6 Å². The monoisotopic (exact) mass is 388 g/mol. The molecule has 0 unspecified atom stereocenters. The molecule has 1 aromatic carbocycles. The fraction of sp³-hybridized carbons (Fsp3) is 0.474. The second kappa shape index (κ2) is 7.87. The second-order valence-electron chi connectivity index (χ2n) is 7.35. The van der Waals surface area contributed by atoms with Gasteiger partial charge in [-0.25, -0.2) is 9.59 Å². The van der Waals surface area contributed by atoms with Crippen molar-refractivity contribution >= 4 is 17.7 Å². The van der Waals surface area contributed by atoms with Crippen molar-refractivity contribution in [3.05, 3.63) is 45.1 Å². The van der Waals surface area contributed by atoms with Gasteiger partial charge in [0.15, 0.2) is 0 Å². The third-order valence-electron chi connectivity index (χ3n) is 5.16. The molecule has 2 aliphatic rings. The Labute approximate surface area is 161 Å². The number of nitrogens with one attached hydrogen (secondary N) is 2. The summed E-state index contributed by atoms with van der Waals surface area (Å²) in [6.45, 7) is 3.68. The van der Waals surface area contributed by atoms with Gasteiger partial charge in [-0.3, -0.25) is 10.1 Å². The van der Waals surface area contributed by atoms with Crippen LogP contribution in [0.5, 0.6) is 5.75 Å². The van der Waals surface area contributed by atoms with Crippen molar-refractivity contribution in [2.75, 3.05) is 0 Å². The normalized spacial score (nSPS) is 24.9. The van der Waals surface area contributed by atoms with Crippen molar-refractivity contribution < 1.29 is 24.4 Å². The summed E-state index contributed by atoms with van der Waals surface area (Å²) in [5.74, 6) is -0.855. The number of ether oxygens (including phenoxy) is 1. The number of allylic oxidation sites excluding steroid dienone is 1. The minimum atomic E-state index is -0.943. The van der Waals surface area contributed by atoms with Gasteiger partial charge in [0.1, 0.15) is 6.10 Å². The summed E-state index contributed by atoms with van der Waals surface area (Å²) < 4.78 is 5.68. The maximum atomic E-state index is 12.9. The van der Waals surface area contributed by atoms with E-state index in [4.69, 9.17) is 4.74 Å². The van der Waals surface area contributed by atoms with Crippen LogP contribution in [-0.4, -0.2) is 23.0 Å². The summed E-state index contributed by atoms with van der Waals surface area (Å²) in [4.78, 5) is 35.1. The van der Waals surface area contributed by atoms with Gasteiger partial charge in [-0.05, 0) is 43.4 Å². The number of urea groups is 1. The predicted molar refractivity (Wildman–Crippen MR) is 97.2 cm³/mol. The zero-order valence-corrected chi connectivity index (χ0v) is 15.7. The van der Waals surface area contributed by atoms with Crippen molar-refractivity contribution in [1.29, 1.82) is 0 Å². The smallest absolute Gasteiger partial charge is 0.338 e. The van der Waals surface area contributed by atoms with Crippen LogP contribution in [0.15, 0.2) is 29.5 Å². The van der Waals surface area contributed by atoms with Gasteiger partial charge in [0.2, 0.25) is 0 Å². The standard InChI is InChI=1S/C19H23N3O6/c1-10-4-3-5-13(8-10)28-18(24)16-11(2)20-19(25)21-17(16)12-6-7-15(23)14(9-12)22(26)27/h6-7,9-10,13,17,23H,3-5,8H2,1-2H3,(H2,20,21,25)/p-1/t10-,13+,17-/m1/s1. The molecule has 3 rings (SSSR count). The van der Waals surface area contributed by atoms with E-state index in [9.17, 15) is 24.8 Å². The Kier molecular flexibility index (Phi) is 5.53. The molecule has 1 fully saturated rings. The Morgan fingerprint density at radius 3 is 2.75 bits per heavy atom. The molecule has 2 N–H and O–H groups in total. The summed E-state index contributed by atoms with van der Waals surface area (Å²) in [7, 11) is 0. The lowest BCUT2D eigenvalue weighted by atomic mass is 9.88. The van der Waals surface area contributed by atoms with Gasteiger partial charge >= 0.3 is 12.0 Å². The molecule has 3 atom stereocenters. The van der Waals surface area contributed by atoms with E-state index in [1.54, 1.807) is 6.92 Å². The SMILES string of the molecule is CC1=C(C(=O)O[C@H]2CCC[C@@H](C)C2)[C@@H](c2ccc([O-])c([N+](=O)[O-])c2)NC(=O)N1. The number of carbonyl (C=O) groups is 2.